The lowest BCUT2D eigenvalue weighted by Gasteiger charge is -2.16. The molecule has 100 valence electrons. The first-order valence-electron chi connectivity index (χ1n) is 5.99. The van der Waals surface area contributed by atoms with Gasteiger partial charge < -0.3 is 4.74 Å². The Morgan fingerprint density at radius 3 is 2.79 bits per heavy atom. The Hall–Kier alpha value is -2.34. The molecule has 1 aromatic carbocycles. The van der Waals surface area contributed by atoms with Crippen LogP contribution in [0.1, 0.15) is 18.6 Å². The molecule has 1 aromatic heterocycles. The minimum atomic E-state index is -0.791. The van der Waals surface area contributed by atoms with E-state index in [4.69, 9.17) is 10.6 Å². The summed E-state index contributed by atoms with van der Waals surface area (Å²) in [6, 6.07) is 9.17. The van der Waals surface area contributed by atoms with Crippen LogP contribution in [0.15, 0.2) is 42.7 Å². The van der Waals surface area contributed by atoms with Crippen molar-refractivity contribution in [2.45, 2.75) is 19.6 Å². The Kier molecular flexibility index (Phi) is 4.15. The van der Waals surface area contributed by atoms with E-state index in [2.05, 4.69) is 10.5 Å². The second-order valence-corrected chi connectivity index (χ2v) is 3.95. The summed E-state index contributed by atoms with van der Waals surface area (Å²) in [7, 11) is 0. The molecule has 1 atom stereocenters. The van der Waals surface area contributed by atoms with Crippen molar-refractivity contribution >= 4 is 5.91 Å². The normalized spacial score (nSPS) is 11.9. The van der Waals surface area contributed by atoms with Gasteiger partial charge in [0.1, 0.15) is 0 Å². The maximum Gasteiger partial charge on any atom is 0.279 e. The van der Waals surface area contributed by atoms with Crippen LogP contribution in [0.4, 0.5) is 0 Å². The lowest BCUT2D eigenvalue weighted by Crippen LogP contribution is -2.37. The van der Waals surface area contributed by atoms with Gasteiger partial charge in [0.25, 0.3) is 5.91 Å². The van der Waals surface area contributed by atoms with Crippen LogP contribution in [0.2, 0.25) is 0 Å². The molecule has 6 heteroatoms. The first-order chi connectivity index (χ1) is 9.24. The lowest BCUT2D eigenvalue weighted by atomic mass is 10.1. The fraction of sp³-hybridized carbons (Fsp3) is 0.231. The fourth-order valence-electron chi connectivity index (χ4n) is 1.69. The minimum Gasteiger partial charge on any atom is -0.472 e. The van der Waals surface area contributed by atoms with Crippen molar-refractivity contribution in [3.05, 3.63) is 48.3 Å². The molecule has 0 aliphatic rings. The SMILES string of the molecule is CCn1cc(OC(C(=O)NN)c2ccccc2)cn1. The minimum absolute atomic E-state index is 0.407. The summed E-state index contributed by atoms with van der Waals surface area (Å²) < 4.78 is 7.38. The average molecular weight is 260 g/mol. The van der Waals surface area contributed by atoms with Gasteiger partial charge in [0.15, 0.2) is 5.75 Å². The highest BCUT2D eigenvalue weighted by molar-refractivity contribution is 5.81. The molecule has 0 bridgehead atoms. The van der Waals surface area contributed by atoms with Crippen LogP contribution in [0, 0.1) is 0 Å². The zero-order valence-corrected chi connectivity index (χ0v) is 10.6. The van der Waals surface area contributed by atoms with E-state index in [0.717, 1.165) is 12.1 Å². The topological polar surface area (TPSA) is 82.2 Å². The predicted octanol–water partition coefficient (Wildman–Crippen LogP) is 1.01. The average Bonchev–Trinajstić information content (AvgIpc) is 2.92. The lowest BCUT2D eigenvalue weighted by molar-refractivity contribution is -0.128. The molecule has 0 fully saturated rings. The predicted molar refractivity (Wildman–Crippen MR) is 70.0 cm³/mol. The van der Waals surface area contributed by atoms with Gasteiger partial charge in [0.05, 0.1) is 12.4 Å². The fourth-order valence-corrected chi connectivity index (χ4v) is 1.69. The van der Waals surface area contributed by atoms with Crippen LogP contribution in [0.3, 0.4) is 0 Å². The van der Waals surface area contributed by atoms with Crippen molar-refractivity contribution < 1.29 is 9.53 Å². The summed E-state index contributed by atoms with van der Waals surface area (Å²) in [5, 5.41) is 4.10. The molecular weight excluding hydrogens is 244 g/mol. The van der Waals surface area contributed by atoms with E-state index in [0.29, 0.717) is 5.75 Å². The standard InChI is InChI=1S/C13H16N4O2/c1-2-17-9-11(8-15-17)19-12(13(18)16-14)10-6-4-3-5-7-10/h3-9,12H,2,14H2,1H3,(H,16,18). The number of rotatable bonds is 5. The summed E-state index contributed by atoms with van der Waals surface area (Å²) in [4.78, 5) is 11.8. The Morgan fingerprint density at radius 1 is 1.47 bits per heavy atom. The van der Waals surface area contributed by atoms with E-state index >= 15 is 0 Å². The number of amides is 1. The van der Waals surface area contributed by atoms with Crippen LogP contribution in [-0.2, 0) is 11.3 Å². The number of nitrogens with zero attached hydrogens (tertiary/aromatic N) is 2. The van der Waals surface area contributed by atoms with Gasteiger partial charge in [-0.05, 0) is 6.92 Å². The molecule has 3 N–H and O–H groups in total. The Labute approximate surface area is 111 Å². The molecule has 19 heavy (non-hydrogen) atoms. The zero-order chi connectivity index (χ0) is 13.7. The quantitative estimate of drug-likeness (QED) is 0.477. The highest BCUT2D eigenvalue weighted by Gasteiger charge is 2.22. The third-order valence-corrected chi connectivity index (χ3v) is 2.67. The van der Waals surface area contributed by atoms with E-state index in [-0.39, 0.29) is 0 Å². The van der Waals surface area contributed by atoms with E-state index in [9.17, 15) is 4.79 Å². The molecule has 2 aromatic rings. The molecule has 0 saturated carbocycles. The summed E-state index contributed by atoms with van der Waals surface area (Å²) in [6.45, 7) is 2.71. The van der Waals surface area contributed by atoms with Gasteiger partial charge >= 0.3 is 0 Å². The van der Waals surface area contributed by atoms with Gasteiger partial charge in [0.2, 0.25) is 6.10 Å². The highest BCUT2D eigenvalue weighted by Crippen LogP contribution is 2.21. The van der Waals surface area contributed by atoms with Crippen molar-refractivity contribution in [3.8, 4) is 5.75 Å². The number of ether oxygens (including phenoxy) is 1. The maximum atomic E-state index is 11.8. The monoisotopic (exact) mass is 260 g/mol. The molecule has 0 aliphatic carbocycles. The molecule has 1 heterocycles. The Bertz CT molecular complexity index is 539. The first kappa shape index (κ1) is 13.1. The second-order valence-electron chi connectivity index (χ2n) is 3.95. The maximum absolute atomic E-state index is 11.8. The van der Waals surface area contributed by atoms with Crippen molar-refractivity contribution in [2.24, 2.45) is 5.84 Å². The van der Waals surface area contributed by atoms with Crippen LogP contribution < -0.4 is 16.0 Å². The molecule has 0 aliphatic heterocycles. The summed E-state index contributed by atoms with van der Waals surface area (Å²) in [6.07, 6.45) is 2.52. The number of aryl methyl sites for hydroxylation is 1. The number of carbonyl (C=O) groups is 1. The number of nitrogens with one attached hydrogen (secondary N) is 1. The van der Waals surface area contributed by atoms with Crippen LogP contribution in [0.25, 0.3) is 0 Å². The van der Waals surface area contributed by atoms with E-state index < -0.39 is 12.0 Å². The van der Waals surface area contributed by atoms with Gasteiger partial charge in [-0.1, -0.05) is 30.3 Å². The molecule has 6 nitrogen and oxygen atoms in total. The smallest absolute Gasteiger partial charge is 0.279 e. The van der Waals surface area contributed by atoms with Crippen molar-refractivity contribution in [1.82, 2.24) is 15.2 Å². The zero-order valence-electron chi connectivity index (χ0n) is 10.6. The number of carbonyl (C=O) groups excluding carboxylic acids is 1. The molecule has 2 rings (SSSR count). The summed E-state index contributed by atoms with van der Waals surface area (Å²) in [5.41, 5.74) is 2.84. The van der Waals surface area contributed by atoms with E-state index in [1.807, 2.05) is 37.3 Å². The van der Waals surface area contributed by atoms with Gasteiger partial charge in [-0.25, -0.2) is 5.84 Å². The third-order valence-electron chi connectivity index (χ3n) is 2.67. The van der Waals surface area contributed by atoms with E-state index in [1.54, 1.807) is 17.1 Å². The molecule has 1 amide bonds. The number of aromatic nitrogens is 2. The number of benzene rings is 1. The highest BCUT2D eigenvalue weighted by atomic mass is 16.5. The largest absolute Gasteiger partial charge is 0.472 e. The van der Waals surface area contributed by atoms with Crippen molar-refractivity contribution in [1.29, 1.82) is 0 Å². The number of hydrogen-bond acceptors (Lipinski definition) is 4. The molecule has 0 spiro atoms. The van der Waals surface area contributed by atoms with Gasteiger partial charge in [0, 0.05) is 12.1 Å². The molecule has 0 saturated heterocycles. The van der Waals surface area contributed by atoms with Gasteiger partial charge in [-0.2, -0.15) is 5.10 Å². The Balaban J connectivity index is 2.21. The van der Waals surface area contributed by atoms with Crippen molar-refractivity contribution in [3.63, 3.8) is 0 Å². The van der Waals surface area contributed by atoms with Crippen LogP contribution >= 0.6 is 0 Å². The molecular formula is C13H16N4O2. The summed E-state index contributed by atoms with van der Waals surface area (Å²) >= 11 is 0. The number of hydrogen-bond donors (Lipinski definition) is 2. The van der Waals surface area contributed by atoms with E-state index in [1.165, 1.54) is 0 Å². The number of nitrogens with two attached hydrogens (primary N) is 1. The van der Waals surface area contributed by atoms with Crippen molar-refractivity contribution in [2.75, 3.05) is 0 Å². The molecule has 0 radical (unpaired) electrons. The second kappa shape index (κ2) is 6.01. The summed E-state index contributed by atoms with van der Waals surface area (Å²) in [5.74, 6) is 5.32. The first-order valence-corrected chi connectivity index (χ1v) is 5.99. The number of hydrazine groups is 1. The Morgan fingerprint density at radius 2 is 2.21 bits per heavy atom. The van der Waals surface area contributed by atoms with Gasteiger partial charge in [-0.3, -0.25) is 14.9 Å². The van der Waals surface area contributed by atoms with Gasteiger partial charge in [-0.15, -0.1) is 0 Å². The van der Waals surface area contributed by atoms with Crippen LogP contribution in [0.5, 0.6) is 5.75 Å². The third kappa shape index (κ3) is 3.11. The van der Waals surface area contributed by atoms with Crippen LogP contribution in [-0.4, -0.2) is 15.7 Å². The molecule has 1 unspecified atom stereocenters.